The first kappa shape index (κ1) is 13.2. The summed E-state index contributed by atoms with van der Waals surface area (Å²) < 4.78 is 2.09. The Kier molecular flexibility index (Phi) is 3.55. The van der Waals surface area contributed by atoms with Crippen LogP contribution in [0.5, 0.6) is 0 Å². The number of aromatic nitrogens is 2. The number of piperidine rings is 1. The molecule has 0 unspecified atom stereocenters. The number of hydrogen-bond acceptors (Lipinski definition) is 3. The summed E-state index contributed by atoms with van der Waals surface area (Å²) in [6, 6.07) is 0. The Labute approximate surface area is 110 Å². The molecule has 0 aliphatic carbocycles. The Balaban J connectivity index is 2.22. The average molecular weight is 250 g/mol. The summed E-state index contributed by atoms with van der Waals surface area (Å²) >= 11 is 0. The first-order chi connectivity index (χ1) is 8.44. The fourth-order valence-corrected chi connectivity index (χ4v) is 2.61. The molecule has 1 saturated heterocycles. The second-order valence-electron chi connectivity index (χ2n) is 6.20. The predicted molar refractivity (Wildman–Crippen MR) is 76.9 cm³/mol. The lowest BCUT2D eigenvalue weighted by Gasteiger charge is -2.38. The molecule has 0 amide bonds. The molecule has 102 valence electrons. The summed E-state index contributed by atoms with van der Waals surface area (Å²) in [6.45, 7) is 12.0. The molecule has 0 aromatic carbocycles. The first-order valence-electron chi connectivity index (χ1n) is 7.02. The van der Waals surface area contributed by atoms with Gasteiger partial charge in [-0.15, -0.1) is 0 Å². The third-order valence-electron chi connectivity index (χ3n) is 4.00. The van der Waals surface area contributed by atoms with Gasteiger partial charge in [0, 0.05) is 19.6 Å². The molecule has 0 bridgehead atoms. The van der Waals surface area contributed by atoms with Gasteiger partial charge >= 0.3 is 0 Å². The Hall–Kier alpha value is -1.19. The van der Waals surface area contributed by atoms with Crippen LogP contribution in [0.2, 0.25) is 0 Å². The molecular formula is C14H26N4. The molecule has 1 aromatic heterocycles. The van der Waals surface area contributed by atoms with Crippen molar-refractivity contribution in [3.8, 4) is 0 Å². The predicted octanol–water partition coefficient (Wildman–Crippen LogP) is 2.81. The Morgan fingerprint density at radius 3 is 2.44 bits per heavy atom. The SMILES string of the molecule is CCCn1nc(C)c(N)c1N1CCC(C)(C)CC1. The number of nitrogens with zero attached hydrogens (tertiary/aromatic N) is 3. The van der Waals surface area contributed by atoms with Gasteiger partial charge in [0.1, 0.15) is 0 Å². The molecule has 1 fully saturated rings. The highest BCUT2D eigenvalue weighted by Crippen LogP contribution is 2.35. The number of anilines is 2. The summed E-state index contributed by atoms with van der Waals surface area (Å²) in [4.78, 5) is 2.41. The van der Waals surface area contributed by atoms with E-state index in [4.69, 9.17) is 5.73 Å². The van der Waals surface area contributed by atoms with Gasteiger partial charge in [0.15, 0.2) is 5.82 Å². The van der Waals surface area contributed by atoms with Crippen LogP contribution in [0.3, 0.4) is 0 Å². The van der Waals surface area contributed by atoms with E-state index in [2.05, 4.69) is 35.5 Å². The van der Waals surface area contributed by atoms with Crippen molar-refractivity contribution in [1.82, 2.24) is 9.78 Å². The molecule has 2 N–H and O–H groups in total. The lowest BCUT2D eigenvalue weighted by atomic mass is 9.83. The minimum atomic E-state index is 0.468. The third kappa shape index (κ3) is 2.47. The number of aryl methyl sites for hydroxylation is 2. The molecule has 1 aliphatic rings. The van der Waals surface area contributed by atoms with Gasteiger partial charge in [-0.25, -0.2) is 4.68 Å². The van der Waals surface area contributed by atoms with Crippen molar-refractivity contribution < 1.29 is 0 Å². The van der Waals surface area contributed by atoms with Gasteiger partial charge in [-0.2, -0.15) is 5.10 Å². The summed E-state index contributed by atoms with van der Waals surface area (Å²) in [6.07, 6.45) is 3.54. The van der Waals surface area contributed by atoms with E-state index in [1.165, 1.54) is 12.8 Å². The van der Waals surface area contributed by atoms with Crippen molar-refractivity contribution in [2.45, 2.75) is 53.5 Å². The summed E-state index contributed by atoms with van der Waals surface area (Å²) in [7, 11) is 0. The lowest BCUT2D eigenvalue weighted by molar-refractivity contribution is 0.278. The number of nitrogens with two attached hydrogens (primary N) is 1. The molecule has 0 atom stereocenters. The molecule has 4 nitrogen and oxygen atoms in total. The van der Waals surface area contributed by atoms with Crippen LogP contribution in [0, 0.1) is 12.3 Å². The topological polar surface area (TPSA) is 47.1 Å². The first-order valence-corrected chi connectivity index (χ1v) is 7.02. The average Bonchev–Trinajstić information content (AvgIpc) is 2.57. The maximum absolute atomic E-state index is 6.21. The van der Waals surface area contributed by atoms with Crippen molar-refractivity contribution in [3.05, 3.63) is 5.69 Å². The van der Waals surface area contributed by atoms with Crippen molar-refractivity contribution >= 4 is 11.5 Å². The van der Waals surface area contributed by atoms with Gasteiger partial charge < -0.3 is 10.6 Å². The van der Waals surface area contributed by atoms with Crippen molar-refractivity contribution in [1.29, 1.82) is 0 Å². The van der Waals surface area contributed by atoms with Crippen LogP contribution in [0.4, 0.5) is 11.5 Å². The summed E-state index contributed by atoms with van der Waals surface area (Å²) in [5.74, 6) is 1.14. The van der Waals surface area contributed by atoms with Crippen LogP contribution >= 0.6 is 0 Å². The Morgan fingerprint density at radius 1 is 1.28 bits per heavy atom. The number of hydrogen-bond donors (Lipinski definition) is 1. The quantitative estimate of drug-likeness (QED) is 0.897. The van der Waals surface area contributed by atoms with Crippen LogP contribution in [-0.4, -0.2) is 22.9 Å². The van der Waals surface area contributed by atoms with Crippen molar-refractivity contribution in [2.24, 2.45) is 5.41 Å². The van der Waals surface area contributed by atoms with E-state index in [1.54, 1.807) is 0 Å². The third-order valence-corrected chi connectivity index (χ3v) is 4.00. The molecule has 1 aliphatic heterocycles. The molecule has 4 heteroatoms. The molecule has 0 radical (unpaired) electrons. The van der Waals surface area contributed by atoms with E-state index in [-0.39, 0.29) is 0 Å². The highest BCUT2D eigenvalue weighted by atomic mass is 15.4. The molecule has 0 spiro atoms. The molecule has 2 heterocycles. The van der Waals surface area contributed by atoms with E-state index >= 15 is 0 Å². The van der Waals surface area contributed by atoms with Crippen LogP contribution < -0.4 is 10.6 Å². The van der Waals surface area contributed by atoms with E-state index in [1.807, 2.05) is 6.92 Å². The maximum Gasteiger partial charge on any atom is 0.150 e. The van der Waals surface area contributed by atoms with Crippen LogP contribution in [0.25, 0.3) is 0 Å². The fraction of sp³-hybridized carbons (Fsp3) is 0.786. The molecule has 18 heavy (non-hydrogen) atoms. The summed E-state index contributed by atoms with van der Waals surface area (Å²) in [5, 5.41) is 4.56. The maximum atomic E-state index is 6.21. The largest absolute Gasteiger partial charge is 0.394 e. The zero-order valence-electron chi connectivity index (χ0n) is 12.2. The fourth-order valence-electron chi connectivity index (χ4n) is 2.61. The van der Waals surface area contributed by atoms with Crippen molar-refractivity contribution in [3.63, 3.8) is 0 Å². The van der Waals surface area contributed by atoms with Gasteiger partial charge in [0.25, 0.3) is 0 Å². The summed E-state index contributed by atoms with van der Waals surface area (Å²) in [5.41, 5.74) is 8.50. The van der Waals surface area contributed by atoms with E-state index in [9.17, 15) is 0 Å². The Bertz CT molecular complexity index is 410. The normalized spacial score (nSPS) is 19.2. The van der Waals surface area contributed by atoms with Gasteiger partial charge in [0.05, 0.1) is 11.4 Å². The van der Waals surface area contributed by atoms with E-state index < -0.39 is 0 Å². The lowest BCUT2D eigenvalue weighted by Crippen LogP contribution is -2.38. The second kappa shape index (κ2) is 4.82. The zero-order chi connectivity index (χ0) is 13.3. The smallest absolute Gasteiger partial charge is 0.150 e. The minimum Gasteiger partial charge on any atom is -0.394 e. The van der Waals surface area contributed by atoms with Gasteiger partial charge in [0.2, 0.25) is 0 Å². The molecule has 2 rings (SSSR count). The monoisotopic (exact) mass is 250 g/mol. The Morgan fingerprint density at radius 2 is 1.89 bits per heavy atom. The second-order valence-corrected chi connectivity index (χ2v) is 6.20. The van der Waals surface area contributed by atoms with Crippen LogP contribution in [0.1, 0.15) is 45.7 Å². The van der Waals surface area contributed by atoms with E-state index in [0.29, 0.717) is 5.41 Å². The highest BCUT2D eigenvalue weighted by molar-refractivity contribution is 5.66. The molecular weight excluding hydrogens is 224 g/mol. The van der Waals surface area contributed by atoms with Crippen LogP contribution in [0.15, 0.2) is 0 Å². The minimum absolute atomic E-state index is 0.468. The highest BCUT2D eigenvalue weighted by Gasteiger charge is 2.28. The van der Waals surface area contributed by atoms with Crippen molar-refractivity contribution in [2.75, 3.05) is 23.7 Å². The number of nitrogen functional groups attached to an aromatic ring is 1. The van der Waals surface area contributed by atoms with Gasteiger partial charge in [-0.05, 0) is 31.6 Å². The van der Waals surface area contributed by atoms with Gasteiger partial charge in [-0.1, -0.05) is 20.8 Å². The van der Waals surface area contributed by atoms with Crippen LogP contribution in [-0.2, 0) is 6.54 Å². The van der Waals surface area contributed by atoms with Gasteiger partial charge in [-0.3, -0.25) is 0 Å². The van der Waals surface area contributed by atoms with E-state index in [0.717, 1.165) is 43.3 Å². The molecule has 0 saturated carbocycles. The standard InChI is InChI=1S/C14H26N4/c1-5-8-18-13(12(15)11(2)16-18)17-9-6-14(3,4)7-10-17/h5-10,15H2,1-4H3. The number of rotatable bonds is 3. The zero-order valence-corrected chi connectivity index (χ0v) is 12.2. The molecule has 1 aromatic rings.